The van der Waals surface area contributed by atoms with Gasteiger partial charge in [-0.15, -0.1) is 0 Å². The van der Waals surface area contributed by atoms with Crippen molar-refractivity contribution in [2.24, 2.45) is 0 Å². The van der Waals surface area contributed by atoms with Crippen molar-refractivity contribution in [2.75, 3.05) is 18.5 Å². The van der Waals surface area contributed by atoms with Crippen molar-refractivity contribution >= 4 is 11.4 Å². The molecule has 0 aliphatic heterocycles. The molecule has 2 aromatic carbocycles. The molecule has 0 radical (unpaired) electrons. The van der Waals surface area contributed by atoms with E-state index < -0.39 is 0 Å². The number of nitrogens with one attached hydrogen (secondary N) is 1. The van der Waals surface area contributed by atoms with Gasteiger partial charge in [-0.25, -0.2) is 0 Å². The first-order valence-corrected chi connectivity index (χ1v) is 7.72. The van der Waals surface area contributed by atoms with Crippen molar-refractivity contribution in [3.05, 3.63) is 59.2 Å². The molecule has 0 saturated heterocycles. The Bertz CT molecular complexity index is 590. The second-order valence-electron chi connectivity index (χ2n) is 5.70. The summed E-state index contributed by atoms with van der Waals surface area (Å²) in [6, 6.07) is 15.3. The predicted molar refractivity (Wildman–Crippen MR) is 92.4 cm³/mol. The zero-order valence-electron chi connectivity index (χ0n) is 13.6. The molecule has 0 amide bonds. The van der Waals surface area contributed by atoms with E-state index in [4.69, 9.17) is 0 Å². The van der Waals surface area contributed by atoms with Crippen molar-refractivity contribution < 1.29 is 0 Å². The Morgan fingerprint density at radius 1 is 1.05 bits per heavy atom. The molecule has 0 fully saturated rings. The van der Waals surface area contributed by atoms with Gasteiger partial charge in [-0.2, -0.15) is 0 Å². The van der Waals surface area contributed by atoms with Gasteiger partial charge in [-0.3, -0.25) is 0 Å². The number of hydrogen-bond donors (Lipinski definition) is 1. The molecule has 21 heavy (non-hydrogen) atoms. The van der Waals surface area contributed by atoms with E-state index in [0.29, 0.717) is 0 Å². The van der Waals surface area contributed by atoms with Crippen LogP contribution in [-0.2, 0) is 6.54 Å². The number of benzene rings is 2. The first kappa shape index (κ1) is 15.6. The van der Waals surface area contributed by atoms with Gasteiger partial charge in [0.2, 0.25) is 0 Å². The second-order valence-corrected chi connectivity index (χ2v) is 5.70. The van der Waals surface area contributed by atoms with Crippen LogP contribution in [0, 0.1) is 13.8 Å². The molecule has 2 aromatic rings. The van der Waals surface area contributed by atoms with Crippen LogP contribution in [0.1, 0.15) is 30.0 Å². The minimum Gasteiger partial charge on any atom is -0.344 e. The van der Waals surface area contributed by atoms with Crippen molar-refractivity contribution in [3.8, 4) is 0 Å². The smallest absolute Gasteiger partial charge is 0.0438 e. The van der Waals surface area contributed by atoms with Gasteiger partial charge >= 0.3 is 0 Å². The maximum Gasteiger partial charge on any atom is 0.0438 e. The summed E-state index contributed by atoms with van der Waals surface area (Å²) in [7, 11) is 2.13. The van der Waals surface area contributed by atoms with Gasteiger partial charge < -0.3 is 10.2 Å². The van der Waals surface area contributed by atoms with Crippen LogP contribution in [0.5, 0.6) is 0 Å². The van der Waals surface area contributed by atoms with Crippen LogP contribution in [0.25, 0.3) is 0 Å². The molecule has 0 bridgehead atoms. The number of aryl methyl sites for hydroxylation is 2. The van der Waals surface area contributed by atoms with Gasteiger partial charge in [0.1, 0.15) is 0 Å². The lowest BCUT2D eigenvalue weighted by Crippen LogP contribution is -2.15. The third-order valence-corrected chi connectivity index (χ3v) is 3.77. The molecule has 2 rings (SSSR count). The molecule has 1 N–H and O–H groups in total. The van der Waals surface area contributed by atoms with Crippen LogP contribution in [0.4, 0.5) is 11.4 Å². The summed E-state index contributed by atoms with van der Waals surface area (Å²) in [4.78, 5) is 2.26. The van der Waals surface area contributed by atoms with Gasteiger partial charge in [-0.1, -0.05) is 31.2 Å². The summed E-state index contributed by atoms with van der Waals surface area (Å²) in [5.74, 6) is 0. The average Bonchev–Trinajstić information content (AvgIpc) is 2.47. The number of nitrogens with zero attached hydrogens (tertiary/aromatic N) is 1. The Kier molecular flexibility index (Phi) is 5.40. The standard InChI is InChI=1S/C19H26N2/c1-5-11-20-14-17-9-10-19(16(3)13-17)21(4)18-8-6-7-15(2)12-18/h6-10,12-13,20H,5,11,14H2,1-4H3. The zero-order valence-corrected chi connectivity index (χ0v) is 13.6. The van der Waals surface area contributed by atoms with Crippen LogP contribution >= 0.6 is 0 Å². The fourth-order valence-corrected chi connectivity index (χ4v) is 2.59. The summed E-state index contributed by atoms with van der Waals surface area (Å²) >= 11 is 0. The molecule has 0 saturated carbocycles. The first-order valence-electron chi connectivity index (χ1n) is 7.72. The summed E-state index contributed by atoms with van der Waals surface area (Å²) in [5.41, 5.74) is 6.45. The van der Waals surface area contributed by atoms with Crippen molar-refractivity contribution in [1.82, 2.24) is 5.32 Å². The number of anilines is 2. The minimum atomic E-state index is 0.948. The highest BCUT2D eigenvalue weighted by molar-refractivity contribution is 5.66. The van der Waals surface area contributed by atoms with Crippen LogP contribution in [0.15, 0.2) is 42.5 Å². The lowest BCUT2D eigenvalue weighted by atomic mass is 10.1. The lowest BCUT2D eigenvalue weighted by molar-refractivity contribution is 0.675. The Morgan fingerprint density at radius 3 is 2.52 bits per heavy atom. The van der Waals surface area contributed by atoms with E-state index in [1.54, 1.807) is 0 Å². The molecule has 0 unspecified atom stereocenters. The van der Waals surface area contributed by atoms with Crippen molar-refractivity contribution in [2.45, 2.75) is 33.7 Å². The molecule has 2 nitrogen and oxygen atoms in total. The van der Waals surface area contributed by atoms with E-state index in [1.165, 1.54) is 34.5 Å². The van der Waals surface area contributed by atoms with Crippen LogP contribution < -0.4 is 10.2 Å². The second kappa shape index (κ2) is 7.28. The zero-order chi connectivity index (χ0) is 15.2. The molecule has 0 aromatic heterocycles. The maximum absolute atomic E-state index is 3.45. The normalized spacial score (nSPS) is 10.7. The van der Waals surface area contributed by atoms with Crippen molar-refractivity contribution in [1.29, 1.82) is 0 Å². The van der Waals surface area contributed by atoms with Crippen molar-refractivity contribution in [3.63, 3.8) is 0 Å². The largest absolute Gasteiger partial charge is 0.344 e. The highest BCUT2D eigenvalue weighted by atomic mass is 15.1. The van der Waals surface area contributed by atoms with Gasteiger partial charge in [-0.05, 0) is 61.7 Å². The maximum atomic E-state index is 3.45. The third kappa shape index (κ3) is 4.08. The van der Waals surface area contributed by atoms with Gasteiger partial charge in [0.05, 0.1) is 0 Å². The number of rotatable bonds is 6. The molecule has 0 aliphatic carbocycles. The van der Waals surface area contributed by atoms with E-state index in [2.05, 4.69) is 80.5 Å². The van der Waals surface area contributed by atoms with Gasteiger partial charge in [0, 0.05) is 25.0 Å². The van der Waals surface area contributed by atoms with E-state index in [0.717, 1.165) is 13.1 Å². The Labute approximate surface area is 128 Å². The van der Waals surface area contributed by atoms with E-state index >= 15 is 0 Å². The summed E-state index contributed by atoms with van der Waals surface area (Å²) in [6.07, 6.45) is 1.17. The van der Waals surface area contributed by atoms with Gasteiger partial charge in [0.15, 0.2) is 0 Å². The van der Waals surface area contributed by atoms with Crippen LogP contribution in [0.3, 0.4) is 0 Å². The number of hydrogen-bond acceptors (Lipinski definition) is 2. The first-order chi connectivity index (χ1) is 10.1. The molecular weight excluding hydrogens is 256 g/mol. The highest BCUT2D eigenvalue weighted by Gasteiger charge is 2.07. The third-order valence-electron chi connectivity index (χ3n) is 3.77. The van der Waals surface area contributed by atoms with E-state index in [-0.39, 0.29) is 0 Å². The molecule has 0 heterocycles. The fourth-order valence-electron chi connectivity index (χ4n) is 2.59. The van der Waals surface area contributed by atoms with Gasteiger partial charge in [0.25, 0.3) is 0 Å². The quantitative estimate of drug-likeness (QED) is 0.781. The van der Waals surface area contributed by atoms with E-state index in [9.17, 15) is 0 Å². The molecule has 112 valence electrons. The van der Waals surface area contributed by atoms with Crippen LogP contribution in [-0.4, -0.2) is 13.6 Å². The Hall–Kier alpha value is -1.80. The minimum absolute atomic E-state index is 0.948. The SMILES string of the molecule is CCCNCc1ccc(N(C)c2cccc(C)c2)c(C)c1. The Balaban J connectivity index is 2.16. The summed E-state index contributed by atoms with van der Waals surface area (Å²) < 4.78 is 0. The molecule has 2 heteroatoms. The predicted octanol–water partition coefficient (Wildman–Crippen LogP) is 4.57. The summed E-state index contributed by atoms with van der Waals surface area (Å²) in [5, 5.41) is 3.45. The van der Waals surface area contributed by atoms with Crippen LogP contribution in [0.2, 0.25) is 0 Å². The summed E-state index contributed by atoms with van der Waals surface area (Å²) in [6.45, 7) is 8.53. The molecule has 0 atom stereocenters. The average molecular weight is 282 g/mol. The van der Waals surface area contributed by atoms with E-state index in [1.807, 2.05) is 0 Å². The monoisotopic (exact) mass is 282 g/mol. The topological polar surface area (TPSA) is 15.3 Å². The lowest BCUT2D eigenvalue weighted by Gasteiger charge is -2.22. The highest BCUT2D eigenvalue weighted by Crippen LogP contribution is 2.27. The molecule has 0 aliphatic rings. The fraction of sp³-hybridized carbons (Fsp3) is 0.368. The Morgan fingerprint density at radius 2 is 1.86 bits per heavy atom. The molecule has 0 spiro atoms. The molecular formula is C19H26N2.